The minimum Gasteiger partial charge on any atom is -0.508 e. The van der Waals surface area contributed by atoms with Crippen LogP contribution < -0.4 is 10.6 Å². The zero-order chi connectivity index (χ0) is 15.4. The molecule has 0 fully saturated rings. The van der Waals surface area contributed by atoms with Gasteiger partial charge in [-0.25, -0.2) is 0 Å². The maximum Gasteiger partial charge on any atom is 0.221 e. The van der Waals surface area contributed by atoms with Gasteiger partial charge in [0.05, 0.1) is 0 Å². The van der Waals surface area contributed by atoms with E-state index in [1.807, 2.05) is 31.2 Å². The van der Waals surface area contributed by atoms with Gasteiger partial charge in [0.25, 0.3) is 0 Å². The Hall–Kier alpha value is -2.01. The number of halogens is 1. The fourth-order valence-electron chi connectivity index (χ4n) is 1.98. The van der Waals surface area contributed by atoms with Gasteiger partial charge in [-0.1, -0.05) is 22.0 Å². The molecule has 1 amide bonds. The van der Waals surface area contributed by atoms with Gasteiger partial charge in [0.15, 0.2) is 0 Å². The predicted molar refractivity (Wildman–Crippen MR) is 88.6 cm³/mol. The lowest BCUT2D eigenvalue weighted by Crippen LogP contribution is -2.07. The van der Waals surface area contributed by atoms with Crippen LogP contribution in [0.25, 0.3) is 0 Å². The molecule has 0 unspecified atom stereocenters. The minimum absolute atomic E-state index is 0.102. The Kier molecular flexibility index (Phi) is 4.85. The Morgan fingerprint density at radius 2 is 2.00 bits per heavy atom. The lowest BCUT2D eigenvalue weighted by atomic mass is 10.1. The van der Waals surface area contributed by atoms with Gasteiger partial charge in [-0.2, -0.15) is 0 Å². The Bertz CT molecular complexity index is 671. The molecule has 5 heteroatoms. The molecule has 0 aliphatic rings. The van der Waals surface area contributed by atoms with Crippen LogP contribution in [0, 0.1) is 6.92 Å². The number of hydrogen-bond donors (Lipinski definition) is 3. The maximum atomic E-state index is 11.1. The van der Waals surface area contributed by atoms with Gasteiger partial charge in [-0.15, -0.1) is 0 Å². The van der Waals surface area contributed by atoms with E-state index in [4.69, 9.17) is 0 Å². The molecule has 2 aromatic rings. The van der Waals surface area contributed by atoms with E-state index in [1.165, 1.54) is 6.92 Å². The molecule has 0 atom stereocenters. The fourth-order valence-corrected chi connectivity index (χ4v) is 2.39. The van der Waals surface area contributed by atoms with Crippen LogP contribution in [0.2, 0.25) is 0 Å². The number of rotatable bonds is 4. The highest BCUT2D eigenvalue weighted by Gasteiger charge is 2.05. The Balaban J connectivity index is 2.15. The topological polar surface area (TPSA) is 61.4 Å². The molecule has 2 aromatic carbocycles. The average molecular weight is 349 g/mol. The van der Waals surface area contributed by atoms with Crippen molar-refractivity contribution in [3.8, 4) is 5.75 Å². The van der Waals surface area contributed by atoms with Crippen LogP contribution in [-0.4, -0.2) is 11.0 Å². The van der Waals surface area contributed by atoms with E-state index < -0.39 is 0 Å². The van der Waals surface area contributed by atoms with Crippen LogP contribution in [0.1, 0.15) is 18.1 Å². The first-order chi connectivity index (χ1) is 9.95. The molecule has 4 nitrogen and oxygen atoms in total. The predicted octanol–water partition coefficient (Wildman–Crippen LogP) is 4.03. The first-order valence-electron chi connectivity index (χ1n) is 6.55. The summed E-state index contributed by atoms with van der Waals surface area (Å²) in [5, 5.41) is 15.9. The van der Waals surface area contributed by atoms with Crippen molar-refractivity contribution in [1.82, 2.24) is 0 Å². The van der Waals surface area contributed by atoms with Gasteiger partial charge in [0.2, 0.25) is 5.91 Å². The number of phenols is 1. The van der Waals surface area contributed by atoms with E-state index in [0.29, 0.717) is 6.54 Å². The largest absolute Gasteiger partial charge is 0.508 e. The Labute approximate surface area is 132 Å². The molecule has 0 radical (unpaired) electrons. The molecule has 3 N–H and O–H groups in total. The van der Waals surface area contributed by atoms with E-state index in [-0.39, 0.29) is 11.7 Å². The number of aromatic hydroxyl groups is 1. The van der Waals surface area contributed by atoms with Crippen molar-refractivity contribution in [2.45, 2.75) is 20.4 Å². The van der Waals surface area contributed by atoms with Gasteiger partial charge < -0.3 is 15.7 Å². The minimum atomic E-state index is -0.102. The van der Waals surface area contributed by atoms with Crippen molar-refractivity contribution in [2.75, 3.05) is 10.6 Å². The molecule has 2 rings (SSSR count). The first kappa shape index (κ1) is 15.4. The molecule has 0 heterocycles. The summed E-state index contributed by atoms with van der Waals surface area (Å²) in [6.45, 7) is 3.96. The SMILES string of the molecule is CC(=O)Nc1ccc(C)c(NCc2cc(Br)ccc2O)c1. The van der Waals surface area contributed by atoms with Gasteiger partial charge in [-0.05, 0) is 42.8 Å². The van der Waals surface area contributed by atoms with Gasteiger partial charge >= 0.3 is 0 Å². The van der Waals surface area contributed by atoms with Crippen molar-refractivity contribution < 1.29 is 9.90 Å². The number of benzene rings is 2. The van der Waals surface area contributed by atoms with Gasteiger partial charge in [0, 0.05) is 34.9 Å². The second-order valence-electron chi connectivity index (χ2n) is 4.84. The summed E-state index contributed by atoms with van der Waals surface area (Å²) in [4.78, 5) is 11.1. The van der Waals surface area contributed by atoms with Crippen molar-refractivity contribution in [1.29, 1.82) is 0 Å². The lowest BCUT2D eigenvalue weighted by molar-refractivity contribution is -0.114. The maximum absolute atomic E-state index is 11.1. The second-order valence-corrected chi connectivity index (χ2v) is 5.75. The van der Waals surface area contributed by atoms with Crippen LogP contribution >= 0.6 is 15.9 Å². The number of carbonyl (C=O) groups is 1. The molecule has 0 saturated carbocycles. The summed E-state index contributed by atoms with van der Waals surface area (Å²) in [5.74, 6) is 0.149. The summed E-state index contributed by atoms with van der Waals surface area (Å²) >= 11 is 3.39. The third-order valence-corrected chi connectivity index (χ3v) is 3.56. The number of phenolic OH excluding ortho intramolecular Hbond substituents is 1. The molecule has 21 heavy (non-hydrogen) atoms. The second kappa shape index (κ2) is 6.63. The molecule has 0 saturated heterocycles. The van der Waals surface area contributed by atoms with Crippen LogP contribution in [0.4, 0.5) is 11.4 Å². The first-order valence-corrected chi connectivity index (χ1v) is 7.34. The summed E-state index contributed by atoms with van der Waals surface area (Å²) in [6.07, 6.45) is 0. The number of hydrogen-bond acceptors (Lipinski definition) is 3. The van der Waals surface area contributed by atoms with Gasteiger partial charge in [0.1, 0.15) is 5.75 Å². The Morgan fingerprint density at radius 3 is 2.71 bits per heavy atom. The summed E-state index contributed by atoms with van der Waals surface area (Å²) in [5.41, 5.74) is 3.53. The molecule has 0 bridgehead atoms. The molecule has 0 spiro atoms. The highest BCUT2D eigenvalue weighted by molar-refractivity contribution is 9.10. The standard InChI is InChI=1S/C16H17BrN2O2/c1-10-3-5-14(19-11(2)20)8-15(10)18-9-12-7-13(17)4-6-16(12)21/h3-8,18,21H,9H2,1-2H3,(H,19,20). The zero-order valence-corrected chi connectivity index (χ0v) is 13.5. The average Bonchev–Trinajstić information content (AvgIpc) is 2.42. The monoisotopic (exact) mass is 348 g/mol. The number of aryl methyl sites for hydroxylation is 1. The summed E-state index contributed by atoms with van der Waals surface area (Å²) in [6, 6.07) is 11.0. The quantitative estimate of drug-likeness (QED) is 0.781. The lowest BCUT2D eigenvalue weighted by Gasteiger charge is -2.13. The highest BCUT2D eigenvalue weighted by atomic mass is 79.9. The van der Waals surface area contributed by atoms with Crippen molar-refractivity contribution in [3.63, 3.8) is 0 Å². The summed E-state index contributed by atoms with van der Waals surface area (Å²) < 4.78 is 0.917. The number of nitrogens with one attached hydrogen (secondary N) is 2. The highest BCUT2D eigenvalue weighted by Crippen LogP contribution is 2.25. The molecule has 0 aliphatic carbocycles. The normalized spacial score (nSPS) is 10.2. The molecule has 110 valence electrons. The molecular weight excluding hydrogens is 332 g/mol. The number of carbonyl (C=O) groups excluding carboxylic acids is 1. The number of anilines is 2. The van der Waals surface area contributed by atoms with Crippen LogP contribution in [-0.2, 0) is 11.3 Å². The smallest absolute Gasteiger partial charge is 0.221 e. The van der Waals surface area contributed by atoms with Crippen LogP contribution in [0.3, 0.4) is 0 Å². The van der Waals surface area contributed by atoms with E-state index in [0.717, 1.165) is 27.0 Å². The van der Waals surface area contributed by atoms with Crippen molar-refractivity contribution in [2.24, 2.45) is 0 Å². The van der Waals surface area contributed by atoms with E-state index in [1.54, 1.807) is 12.1 Å². The molecule has 0 aliphatic heterocycles. The van der Waals surface area contributed by atoms with Crippen LogP contribution in [0.5, 0.6) is 5.75 Å². The summed E-state index contributed by atoms with van der Waals surface area (Å²) in [7, 11) is 0. The molecule has 0 aromatic heterocycles. The van der Waals surface area contributed by atoms with Crippen molar-refractivity contribution >= 4 is 33.2 Å². The Morgan fingerprint density at radius 1 is 1.24 bits per heavy atom. The van der Waals surface area contributed by atoms with E-state index >= 15 is 0 Å². The third kappa shape index (κ3) is 4.23. The fraction of sp³-hybridized carbons (Fsp3) is 0.188. The third-order valence-electron chi connectivity index (χ3n) is 3.07. The van der Waals surface area contributed by atoms with E-state index in [2.05, 4.69) is 26.6 Å². The van der Waals surface area contributed by atoms with E-state index in [9.17, 15) is 9.90 Å². The van der Waals surface area contributed by atoms with Crippen molar-refractivity contribution in [3.05, 3.63) is 52.0 Å². The van der Waals surface area contributed by atoms with Crippen LogP contribution in [0.15, 0.2) is 40.9 Å². The van der Waals surface area contributed by atoms with Gasteiger partial charge in [-0.3, -0.25) is 4.79 Å². The number of amides is 1. The zero-order valence-electron chi connectivity index (χ0n) is 11.9. The molecular formula is C16H17BrN2O2.